The van der Waals surface area contributed by atoms with Crippen LogP contribution in [0.5, 0.6) is 0 Å². The van der Waals surface area contributed by atoms with Gasteiger partial charge in [-0.05, 0) is 38.0 Å². The number of hydrogen-bond acceptors (Lipinski definition) is 5. The molecule has 11 heteroatoms. The van der Waals surface area contributed by atoms with Crippen LogP contribution in [0.15, 0.2) is 34.9 Å². The smallest absolute Gasteiger partial charge is 0.376 e. The van der Waals surface area contributed by atoms with E-state index in [0.717, 1.165) is 25.0 Å². The zero-order chi connectivity index (χ0) is 21.7. The molecule has 1 saturated heterocycles. The molecule has 3 amide bonds. The molecule has 1 aliphatic rings. The average molecular weight is 426 g/mol. The Labute approximate surface area is 170 Å². The van der Waals surface area contributed by atoms with E-state index in [1.165, 1.54) is 23.1 Å². The number of nitrogens with zero attached hydrogens (tertiary/aromatic N) is 2. The second kappa shape index (κ2) is 9.16. The number of nitrogens with one attached hydrogen (secondary N) is 2. The Morgan fingerprint density at radius 1 is 1.27 bits per heavy atom. The highest BCUT2D eigenvalue weighted by atomic mass is 19.4. The third-order valence-electron chi connectivity index (χ3n) is 4.41. The van der Waals surface area contributed by atoms with Gasteiger partial charge in [0.05, 0.1) is 11.7 Å². The van der Waals surface area contributed by atoms with Gasteiger partial charge in [0.15, 0.2) is 5.82 Å². The predicted molar refractivity (Wildman–Crippen MR) is 101 cm³/mol. The zero-order valence-electron chi connectivity index (χ0n) is 16.2. The average Bonchev–Trinajstić information content (AvgIpc) is 3.32. The predicted octanol–water partition coefficient (Wildman–Crippen LogP) is 3.65. The summed E-state index contributed by atoms with van der Waals surface area (Å²) in [4.78, 5) is 26.3. The van der Waals surface area contributed by atoms with Crippen molar-refractivity contribution in [1.82, 2.24) is 10.1 Å². The fourth-order valence-electron chi connectivity index (χ4n) is 3.01. The molecule has 0 saturated carbocycles. The number of carbonyl (C=O) groups excluding carboxylic acids is 2. The topological polar surface area (TPSA) is 96.7 Å². The molecule has 1 aliphatic heterocycles. The SMILES string of the molecule is Cc1cc(NC(=O)CN(CC2CCCO2)C(=O)Nc2cccc(C(F)(F)F)c2)no1. The number of aryl methyl sites for hydroxylation is 1. The summed E-state index contributed by atoms with van der Waals surface area (Å²) in [6.07, 6.45) is -3.23. The van der Waals surface area contributed by atoms with Gasteiger partial charge in [-0.25, -0.2) is 4.79 Å². The number of urea groups is 1. The molecule has 2 aromatic rings. The van der Waals surface area contributed by atoms with E-state index >= 15 is 0 Å². The van der Waals surface area contributed by atoms with E-state index in [0.29, 0.717) is 12.4 Å². The summed E-state index contributed by atoms with van der Waals surface area (Å²) in [6.45, 7) is 2.00. The Morgan fingerprint density at radius 2 is 2.07 bits per heavy atom. The maximum absolute atomic E-state index is 12.9. The highest BCUT2D eigenvalue weighted by molar-refractivity contribution is 5.96. The Morgan fingerprint density at radius 3 is 2.70 bits per heavy atom. The summed E-state index contributed by atoms with van der Waals surface area (Å²) >= 11 is 0. The quantitative estimate of drug-likeness (QED) is 0.735. The van der Waals surface area contributed by atoms with Gasteiger partial charge in [0.2, 0.25) is 5.91 Å². The number of halogens is 3. The van der Waals surface area contributed by atoms with Crippen LogP contribution in [-0.4, -0.2) is 47.8 Å². The van der Waals surface area contributed by atoms with Gasteiger partial charge >= 0.3 is 12.2 Å². The van der Waals surface area contributed by atoms with E-state index < -0.39 is 23.7 Å². The van der Waals surface area contributed by atoms with Gasteiger partial charge in [0.1, 0.15) is 12.3 Å². The molecule has 1 aromatic heterocycles. The second-order valence-corrected chi connectivity index (χ2v) is 6.90. The van der Waals surface area contributed by atoms with Crippen LogP contribution in [0, 0.1) is 6.92 Å². The van der Waals surface area contributed by atoms with Crippen LogP contribution in [0.1, 0.15) is 24.2 Å². The molecule has 1 unspecified atom stereocenters. The van der Waals surface area contributed by atoms with Crippen LogP contribution in [0.2, 0.25) is 0 Å². The van der Waals surface area contributed by atoms with Gasteiger partial charge in [-0.1, -0.05) is 11.2 Å². The number of aromatic nitrogens is 1. The summed E-state index contributed by atoms with van der Waals surface area (Å²) in [5.41, 5.74) is -0.912. The van der Waals surface area contributed by atoms with Crippen molar-refractivity contribution in [1.29, 1.82) is 0 Å². The lowest BCUT2D eigenvalue weighted by Crippen LogP contribution is -2.44. The lowest BCUT2D eigenvalue weighted by molar-refractivity contribution is -0.137. The first-order valence-corrected chi connectivity index (χ1v) is 9.28. The third kappa shape index (κ3) is 5.96. The number of benzene rings is 1. The van der Waals surface area contributed by atoms with E-state index in [4.69, 9.17) is 9.26 Å². The monoisotopic (exact) mass is 426 g/mol. The first kappa shape index (κ1) is 21.6. The fourth-order valence-corrected chi connectivity index (χ4v) is 3.01. The molecular weight excluding hydrogens is 405 g/mol. The number of amides is 3. The number of anilines is 2. The molecule has 162 valence electrons. The summed E-state index contributed by atoms with van der Waals surface area (Å²) in [5.74, 6) is 0.178. The lowest BCUT2D eigenvalue weighted by Gasteiger charge is -2.25. The molecule has 2 heterocycles. The van der Waals surface area contributed by atoms with Crippen LogP contribution in [0.3, 0.4) is 0 Å². The molecule has 30 heavy (non-hydrogen) atoms. The standard InChI is InChI=1S/C19H21F3N4O4/c1-12-8-16(25-30-12)24-17(27)11-26(10-15-6-3-7-29-15)18(28)23-14-5-2-4-13(9-14)19(20,21)22/h2,4-5,8-9,15H,3,6-7,10-11H2,1H3,(H,23,28)(H,24,25,27). The third-order valence-corrected chi connectivity index (χ3v) is 4.41. The Balaban J connectivity index is 1.69. The summed E-state index contributed by atoms with van der Waals surface area (Å²) in [5, 5.41) is 8.58. The van der Waals surface area contributed by atoms with Crippen molar-refractivity contribution < 1.29 is 32.0 Å². The summed E-state index contributed by atoms with van der Waals surface area (Å²) < 4.78 is 49.1. The van der Waals surface area contributed by atoms with E-state index in [1.54, 1.807) is 6.92 Å². The Hall–Kier alpha value is -3.08. The van der Waals surface area contributed by atoms with Crippen LogP contribution < -0.4 is 10.6 Å². The van der Waals surface area contributed by atoms with Crippen molar-refractivity contribution >= 4 is 23.4 Å². The van der Waals surface area contributed by atoms with E-state index in [9.17, 15) is 22.8 Å². The molecular formula is C19H21F3N4O4. The molecule has 1 atom stereocenters. The molecule has 1 aromatic carbocycles. The van der Waals surface area contributed by atoms with E-state index in [-0.39, 0.29) is 30.7 Å². The number of ether oxygens (including phenoxy) is 1. The van der Waals surface area contributed by atoms with E-state index in [1.807, 2.05) is 0 Å². The number of carbonyl (C=O) groups is 2. The maximum atomic E-state index is 12.9. The van der Waals surface area contributed by atoms with Crippen LogP contribution >= 0.6 is 0 Å². The van der Waals surface area contributed by atoms with Crippen molar-refractivity contribution in [2.45, 2.75) is 32.0 Å². The highest BCUT2D eigenvalue weighted by Gasteiger charge is 2.31. The number of rotatable bonds is 6. The van der Waals surface area contributed by atoms with Gasteiger partial charge in [-0.2, -0.15) is 13.2 Å². The van der Waals surface area contributed by atoms with Crippen molar-refractivity contribution in [3.8, 4) is 0 Å². The van der Waals surface area contributed by atoms with Crippen molar-refractivity contribution in [3.63, 3.8) is 0 Å². The first-order valence-electron chi connectivity index (χ1n) is 9.28. The Bertz CT molecular complexity index is 894. The first-order chi connectivity index (χ1) is 14.2. The van der Waals surface area contributed by atoms with Crippen molar-refractivity contribution in [2.24, 2.45) is 0 Å². The highest BCUT2D eigenvalue weighted by Crippen LogP contribution is 2.30. The molecule has 0 bridgehead atoms. The molecule has 3 rings (SSSR count). The zero-order valence-corrected chi connectivity index (χ0v) is 16.2. The van der Waals surface area contributed by atoms with Crippen LogP contribution in [0.4, 0.5) is 29.5 Å². The second-order valence-electron chi connectivity index (χ2n) is 6.90. The van der Waals surface area contributed by atoms with Crippen LogP contribution in [0.25, 0.3) is 0 Å². The molecule has 0 radical (unpaired) electrons. The molecule has 0 spiro atoms. The van der Waals surface area contributed by atoms with Gasteiger partial charge in [0, 0.05) is 24.9 Å². The largest absolute Gasteiger partial charge is 0.416 e. The van der Waals surface area contributed by atoms with Gasteiger partial charge in [0.25, 0.3) is 0 Å². The van der Waals surface area contributed by atoms with Gasteiger partial charge < -0.3 is 24.8 Å². The minimum atomic E-state index is -4.53. The van der Waals surface area contributed by atoms with E-state index in [2.05, 4.69) is 15.8 Å². The van der Waals surface area contributed by atoms with Gasteiger partial charge in [-0.3, -0.25) is 4.79 Å². The molecule has 0 aliphatic carbocycles. The summed E-state index contributed by atoms with van der Waals surface area (Å²) in [6, 6.07) is 5.09. The number of hydrogen-bond donors (Lipinski definition) is 2. The van der Waals surface area contributed by atoms with Crippen molar-refractivity contribution in [3.05, 3.63) is 41.7 Å². The minimum absolute atomic E-state index is 0.0281. The lowest BCUT2D eigenvalue weighted by atomic mass is 10.2. The molecule has 1 fully saturated rings. The molecule has 2 N–H and O–H groups in total. The normalized spacial score (nSPS) is 16.3. The fraction of sp³-hybridized carbons (Fsp3) is 0.421. The van der Waals surface area contributed by atoms with Gasteiger partial charge in [-0.15, -0.1) is 0 Å². The van der Waals surface area contributed by atoms with Crippen molar-refractivity contribution in [2.75, 3.05) is 30.3 Å². The molecule has 8 nitrogen and oxygen atoms in total. The van der Waals surface area contributed by atoms with Crippen LogP contribution in [-0.2, 0) is 15.7 Å². The number of alkyl halides is 3. The minimum Gasteiger partial charge on any atom is -0.376 e. The maximum Gasteiger partial charge on any atom is 0.416 e. The summed E-state index contributed by atoms with van der Waals surface area (Å²) in [7, 11) is 0. The Kier molecular flexibility index (Phi) is 6.60.